The molecule has 0 bridgehead atoms. The van der Waals surface area contributed by atoms with Crippen LogP contribution in [0, 0.1) is 6.92 Å². The summed E-state index contributed by atoms with van der Waals surface area (Å²) in [5.74, 6) is 0.297. The topological polar surface area (TPSA) is 101 Å². The highest BCUT2D eigenvalue weighted by molar-refractivity contribution is 7.93. The Balaban J connectivity index is 2.10. The van der Waals surface area contributed by atoms with Gasteiger partial charge in [0.05, 0.1) is 0 Å². The molecule has 0 aromatic carbocycles. The molecule has 0 spiro atoms. The molecule has 2 N–H and O–H groups in total. The van der Waals surface area contributed by atoms with Crippen LogP contribution < -0.4 is 10.0 Å². The number of fused-ring (bicyclic) bond motifs is 1. The van der Waals surface area contributed by atoms with Gasteiger partial charge in [-0.2, -0.15) is 8.42 Å². The molecule has 106 valence electrons. The van der Waals surface area contributed by atoms with E-state index in [1.807, 2.05) is 0 Å². The van der Waals surface area contributed by atoms with Gasteiger partial charge in [0.1, 0.15) is 5.01 Å². The third kappa shape index (κ3) is 2.13. The molecule has 0 saturated carbocycles. The minimum atomic E-state index is -3.79. The number of anilines is 2. The molecule has 3 aromatic heterocycles. The first-order valence-corrected chi connectivity index (χ1v) is 8.65. The monoisotopic (exact) mass is 330 g/mol. The first-order valence-electron chi connectivity index (χ1n) is 5.47. The molecule has 0 atom stereocenters. The maximum atomic E-state index is 12.5. The molecule has 0 unspecified atom stereocenters. The Hall–Kier alpha value is -1.72. The third-order valence-electron chi connectivity index (χ3n) is 2.46. The van der Waals surface area contributed by atoms with Gasteiger partial charge in [-0.05, 0) is 6.92 Å². The molecule has 0 fully saturated rings. The van der Waals surface area contributed by atoms with Gasteiger partial charge in [0.25, 0.3) is 10.0 Å². The zero-order valence-corrected chi connectivity index (χ0v) is 12.9. The number of aryl methyl sites for hydroxylation is 1. The normalized spacial score (nSPS) is 11.9. The van der Waals surface area contributed by atoms with Crippen LogP contribution in [-0.4, -0.2) is 35.0 Å². The van der Waals surface area contributed by atoms with Gasteiger partial charge in [-0.1, -0.05) is 11.3 Å². The lowest BCUT2D eigenvalue weighted by molar-refractivity contribution is 0.597. The highest BCUT2D eigenvalue weighted by atomic mass is 32.2. The number of hydrogen-bond donors (Lipinski definition) is 2. The lowest BCUT2D eigenvalue weighted by Crippen LogP contribution is -2.16. The van der Waals surface area contributed by atoms with Gasteiger partial charge in [0.15, 0.2) is 10.8 Å². The second kappa shape index (κ2) is 4.68. The van der Waals surface area contributed by atoms with E-state index in [9.17, 15) is 8.42 Å². The fourth-order valence-electron chi connectivity index (χ4n) is 1.69. The van der Waals surface area contributed by atoms with Crippen molar-refractivity contribution in [2.75, 3.05) is 17.1 Å². The zero-order chi connectivity index (χ0) is 14.3. The van der Waals surface area contributed by atoms with Crippen LogP contribution in [0.4, 0.5) is 10.9 Å². The van der Waals surface area contributed by atoms with Gasteiger partial charge >= 0.3 is 0 Å². The molecule has 20 heavy (non-hydrogen) atoms. The Morgan fingerprint density at radius 3 is 2.80 bits per heavy atom. The molecular formula is C9H10N6O2S3. The molecule has 0 saturated heterocycles. The molecule has 0 amide bonds. The predicted octanol–water partition coefficient (Wildman–Crippen LogP) is 1.40. The van der Waals surface area contributed by atoms with E-state index in [0.29, 0.717) is 15.8 Å². The van der Waals surface area contributed by atoms with Crippen LogP contribution in [0.5, 0.6) is 0 Å². The van der Waals surface area contributed by atoms with Crippen molar-refractivity contribution in [3.05, 3.63) is 16.6 Å². The maximum absolute atomic E-state index is 12.5. The number of thiazole rings is 1. The Kier molecular flexibility index (Phi) is 3.11. The minimum absolute atomic E-state index is 0.0594. The number of nitrogens with zero attached hydrogens (tertiary/aromatic N) is 4. The number of aromatic nitrogens is 4. The summed E-state index contributed by atoms with van der Waals surface area (Å²) in [6, 6.07) is 0. The fraction of sp³-hybridized carbons (Fsp3) is 0.222. The Morgan fingerprint density at radius 1 is 1.35 bits per heavy atom. The summed E-state index contributed by atoms with van der Waals surface area (Å²) >= 11 is 2.53. The highest BCUT2D eigenvalue weighted by Crippen LogP contribution is 2.27. The van der Waals surface area contributed by atoms with Crippen molar-refractivity contribution in [1.82, 2.24) is 19.6 Å². The van der Waals surface area contributed by atoms with Gasteiger partial charge in [-0.15, -0.1) is 21.5 Å². The quantitative estimate of drug-likeness (QED) is 0.750. The van der Waals surface area contributed by atoms with E-state index < -0.39 is 10.0 Å². The molecule has 3 rings (SSSR count). The van der Waals surface area contributed by atoms with Crippen LogP contribution >= 0.6 is 22.7 Å². The molecule has 3 heterocycles. The van der Waals surface area contributed by atoms with Crippen molar-refractivity contribution in [3.63, 3.8) is 0 Å². The van der Waals surface area contributed by atoms with E-state index in [1.54, 1.807) is 25.5 Å². The molecule has 8 nitrogen and oxygen atoms in total. The summed E-state index contributed by atoms with van der Waals surface area (Å²) in [7, 11) is -2.17. The summed E-state index contributed by atoms with van der Waals surface area (Å²) < 4.78 is 28.9. The number of sulfonamides is 1. The second-order valence-electron chi connectivity index (χ2n) is 3.80. The summed E-state index contributed by atoms with van der Waals surface area (Å²) in [4.78, 5) is 4.82. The van der Waals surface area contributed by atoms with Crippen molar-refractivity contribution < 1.29 is 8.42 Å². The van der Waals surface area contributed by atoms with Crippen molar-refractivity contribution in [2.24, 2.45) is 0 Å². The van der Waals surface area contributed by atoms with Crippen LogP contribution in [0.25, 0.3) is 4.96 Å². The van der Waals surface area contributed by atoms with E-state index in [1.165, 1.54) is 27.1 Å². The Bertz CT molecular complexity index is 861. The summed E-state index contributed by atoms with van der Waals surface area (Å²) in [5.41, 5.74) is 0. The van der Waals surface area contributed by atoms with E-state index in [-0.39, 0.29) is 10.2 Å². The van der Waals surface area contributed by atoms with E-state index in [0.717, 1.165) is 0 Å². The molecule has 11 heteroatoms. The molecule has 0 aliphatic carbocycles. The third-order valence-corrected chi connectivity index (χ3v) is 5.46. The molecule has 3 aromatic rings. The number of nitrogens with one attached hydrogen (secondary N) is 2. The van der Waals surface area contributed by atoms with Gasteiger partial charge in [0.2, 0.25) is 10.2 Å². The van der Waals surface area contributed by atoms with Crippen LogP contribution in [0.2, 0.25) is 0 Å². The van der Waals surface area contributed by atoms with E-state index in [2.05, 4.69) is 25.2 Å². The van der Waals surface area contributed by atoms with Gasteiger partial charge in [-0.3, -0.25) is 9.12 Å². The van der Waals surface area contributed by atoms with E-state index in [4.69, 9.17) is 0 Å². The second-order valence-corrected chi connectivity index (χ2v) is 7.46. The SMILES string of the molecule is CNc1nc2sccn2c1S(=O)(=O)Nc1nnc(C)s1. The average Bonchev–Trinajstić information content (AvgIpc) is 3.02. The number of rotatable bonds is 4. The zero-order valence-electron chi connectivity index (χ0n) is 10.5. The molecule has 0 aliphatic rings. The van der Waals surface area contributed by atoms with Crippen LogP contribution in [-0.2, 0) is 10.0 Å². The number of imidazole rings is 1. The van der Waals surface area contributed by atoms with Gasteiger partial charge in [0, 0.05) is 18.6 Å². The molecular weight excluding hydrogens is 320 g/mol. The lowest BCUT2D eigenvalue weighted by atomic mass is 10.7. The lowest BCUT2D eigenvalue weighted by Gasteiger charge is -2.05. The summed E-state index contributed by atoms with van der Waals surface area (Å²) in [5, 5.41) is 13.1. The standard InChI is InChI=1S/C9H10N6O2S3/c1-5-12-13-8(19-5)14-20(16,17)7-6(10-2)11-9-15(7)3-4-18-9/h3-4,10H,1-2H3,(H,13,14). The molecule has 0 radical (unpaired) electrons. The predicted molar refractivity (Wildman–Crippen MR) is 78.1 cm³/mol. The molecule has 0 aliphatic heterocycles. The van der Waals surface area contributed by atoms with Crippen molar-refractivity contribution >= 4 is 48.6 Å². The first-order chi connectivity index (χ1) is 9.51. The summed E-state index contributed by atoms with van der Waals surface area (Å²) in [6.07, 6.45) is 1.66. The largest absolute Gasteiger partial charge is 0.371 e. The van der Waals surface area contributed by atoms with Crippen molar-refractivity contribution in [1.29, 1.82) is 0 Å². The van der Waals surface area contributed by atoms with Gasteiger partial charge < -0.3 is 5.32 Å². The maximum Gasteiger partial charge on any atom is 0.283 e. The van der Waals surface area contributed by atoms with E-state index >= 15 is 0 Å². The van der Waals surface area contributed by atoms with Crippen molar-refractivity contribution in [2.45, 2.75) is 11.9 Å². The minimum Gasteiger partial charge on any atom is -0.371 e. The smallest absolute Gasteiger partial charge is 0.283 e. The highest BCUT2D eigenvalue weighted by Gasteiger charge is 2.26. The Morgan fingerprint density at radius 2 is 2.15 bits per heavy atom. The summed E-state index contributed by atoms with van der Waals surface area (Å²) in [6.45, 7) is 1.75. The van der Waals surface area contributed by atoms with Crippen LogP contribution in [0.1, 0.15) is 5.01 Å². The van der Waals surface area contributed by atoms with Crippen LogP contribution in [0.15, 0.2) is 16.6 Å². The number of hydrogen-bond acceptors (Lipinski definition) is 8. The van der Waals surface area contributed by atoms with Crippen molar-refractivity contribution in [3.8, 4) is 0 Å². The van der Waals surface area contributed by atoms with Gasteiger partial charge in [-0.25, -0.2) is 4.98 Å². The fourth-order valence-corrected chi connectivity index (χ4v) is 4.57. The average molecular weight is 330 g/mol. The van der Waals surface area contributed by atoms with Crippen LogP contribution in [0.3, 0.4) is 0 Å². The Labute approximate surface area is 122 Å². The first kappa shape index (κ1) is 13.3.